The topological polar surface area (TPSA) is 96.4 Å². The van der Waals surface area contributed by atoms with Gasteiger partial charge < -0.3 is 10.4 Å². The molecular formula is C11H13FN2O4S. The van der Waals surface area contributed by atoms with Crippen LogP contribution in [0.2, 0.25) is 0 Å². The Kier molecular flexibility index (Phi) is 3.70. The van der Waals surface area contributed by atoms with Crippen LogP contribution >= 0.6 is 0 Å². The first kappa shape index (κ1) is 13.7. The zero-order chi connectivity index (χ0) is 14.0. The van der Waals surface area contributed by atoms with Crippen LogP contribution < -0.4 is 5.32 Å². The maximum absolute atomic E-state index is 13.8. The van der Waals surface area contributed by atoms with E-state index in [1.165, 1.54) is 6.20 Å². The second kappa shape index (κ2) is 5.12. The molecular weight excluding hydrogens is 275 g/mol. The summed E-state index contributed by atoms with van der Waals surface area (Å²) in [5.74, 6) is -2.35. The molecule has 0 unspecified atom stereocenters. The van der Waals surface area contributed by atoms with Crippen LogP contribution in [-0.2, 0) is 9.84 Å². The lowest BCUT2D eigenvalue weighted by Gasteiger charge is -2.23. The number of aromatic carboxylic acids is 1. The maximum atomic E-state index is 13.8. The molecule has 1 aliphatic rings. The van der Waals surface area contributed by atoms with Crippen molar-refractivity contribution in [3.8, 4) is 0 Å². The fraction of sp³-hybridized carbons (Fsp3) is 0.455. The Balaban J connectivity index is 2.12. The van der Waals surface area contributed by atoms with Crippen molar-refractivity contribution in [3.05, 3.63) is 23.6 Å². The molecule has 0 bridgehead atoms. The second-order valence-electron chi connectivity index (χ2n) is 4.40. The van der Waals surface area contributed by atoms with Crippen LogP contribution in [-0.4, -0.2) is 42.0 Å². The number of anilines is 1. The average Bonchev–Trinajstić information content (AvgIpc) is 2.34. The summed E-state index contributed by atoms with van der Waals surface area (Å²) in [6, 6.07) is 0.864. The molecule has 8 heteroatoms. The third-order valence-electron chi connectivity index (χ3n) is 3.02. The van der Waals surface area contributed by atoms with Crippen molar-refractivity contribution in [2.75, 3.05) is 16.8 Å². The number of nitrogens with zero attached hydrogens (tertiary/aromatic N) is 1. The van der Waals surface area contributed by atoms with E-state index in [9.17, 15) is 17.6 Å². The SMILES string of the molecule is O=C(O)c1ccnc(NC2CCS(=O)(=O)CC2)c1F. The molecule has 1 fully saturated rings. The summed E-state index contributed by atoms with van der Waals surface area (Å²) in [6.45, 7) is 0. The van der Waals surface area contributed by atoms with Gasteiger partial charge in [0.2, 0.25) is 0 Å². The molecule has 0 radical (unpaired) electrons. The fourth-order valence-electron chi connectivity index (χ4n) is 1.94. The minimum Gasteiger partial charge on any atom is -0.478 e. The molecule has 6 nitrogen and oxygen atoms in total. The van der Waals surface area contributed by atoms with Gasteiger partial charge in [0.25, 0.3) is 0 Å². The predicted molar refractivity (Wildman–Crippen MR) is 66.5 cm³/mol. The number of hydrogen-bond acceptors (Lipinski definition) is 5. The van der Waals surface area contributed by atoms with Gasteiger partial charge in [-0.15, -0.1) is 0 Å². The van der Waals surface area contributed by atoms with Gasteiger partial charge in [0, 0.05) is 12.2 Å². The van der Waals surface area contributed by atoms with E-state index in [4.69, 9.17) is 5.11 Å². The number of pyridine rings is 1. The quantitative estimate of drug-likeness (QED) is 0.858. The first-order valence-corrected chi connectivity index (χ1v) is 7.56. The van der Waals surface area contributed by atoms with Gasteiger partial charge >= 0.3 is 5.97 Å². The number of aromatic nitrogens is 1. The number of carboxylic acid groups (broad SMARTS) is 1. The average molecular weight is 288 g/mol. The minimum atomic E-state index is -2.99. The molecule has 0 atom stereocenters. The molecule has 2 rings (SSSR count). The second-order valence-corrected chi connectivity index (χ2v) is 6.70. The number of sulfone groups is 1. The van der Waals surface area contributed by atoms with Crippen molar-refractivity contribution in [2.24, 2.45) is 0 Å². The van der Waals surface area contributed by atoms with E-state index in [1.807, 2.05) is 0 Å². The third kappa shape index (κ3) is 3.19. The van der Waals surface area contributed by atoms with Crippen LogP contribution in [0, 0.1) is 5.82 Å². The number of nitrogens with one attached hydrogen (secondary N) is 1. The highest BCUT2D eigenvalue weighted by molar-refractivity contribution is 7.91. The molecule has 0 spiro atoms. The van der Waals surface area contributed by atoms with E-state index in [2.05, 4.69) is 10.3 Å². The van der Waals surface area contributed by atoms with Crippen molar-refractivity contribution in [2.45, 2.75) is 18.9 Å². The van der Waals surface area contributed by atoms with E-state index in [0.29, 0.717) is 12.8 Å². The molecule has 1 aromatic heterocycles. The van der Waals surface area contributed by atoms with Crippen LogP contribution in [0.15, 0.2) is 12.3 Å². The van der Waals surface area contributed by atoms with Gasteiger partial charge in [0.1, 0.15) is 15.4 Å². The molecule has 2 N–H and O–H groups in total. The van der Waals surface area contributed by atoms with E-state index < -0.39 is 27.2 Å². The molecule has 104 valence electrons. The van der Waals surface area contributed by atoms with E-state index in [0.717, 1.165) is 6.07 Å². The van der Waals surface area contributed by atoms with Gasteiger partial charge in [-0.3, -0.25) is 0 Å². The Hall–Kier alpha value is -1.70. The van der Waals surface area contributed by atoms with E-state index >= 15 is 0 Å². The molecule has 1 aromatic rings. The highest BCUT2D eigenvalue weighted by Gasteiger charge is 2.25. The van der Waals surface area contributed by atoms with Gasteiger partial charge in [-0.1, -0.05) is 0 Å². The van der Waals surface area contributed by atoms with Gasteiger partial charge in [0.05, 0.1) is 11.5 Å². The molecule has 0 amide bonds. The Morgan fingerprint density at radius 3 is 2.63 bits per heavy atom. The standard InChI is InChI=1S/C11H13FN2O4S/c12-9-8(11(15)16)1-4-13-10(9)14-7-2-5-19(17,18)6-3-7/h1,4,7H,2-3,5-6H2,(H,13,14)(H,15,16). The van der Waals surface area contributed by atoms with Crippen LogP contribution in [0.3, 0.4) is 0 Å². The summed E-state index contributed by atoms with van der Waals surface area (Å²) >= 11 is 0. The number of hydrogen-bond donors (Lipinski definition) is 2. The lowest BCUT2D eigenvalue weighted by atomic mass is 10.1. The van der Waals surface area contributed by atoms with Crippen molar-refractivity contribution in [1.29, 1.82) is 0 Å². The van der Waals surface area contributed by atoms with Crippen LogP contribution in [0.1, 0.15) is 23.2 Å². The molecule has 2 heterocycles. The normalized spacial score (nSPS) is 19.0. The summed E-state index contributed by atoms with van der Waals surface area (Å²) in [6.07, 6.45) is 1.93. The lowest BCUT2D eigenvalue weighted by Crippen LogP contribution is -2.32. The summed E-state index contributed by atoms with van der Waals surface area (Å²) < 4.78 is 36.3. The smallest absolute Gasteiger partial charge is 0.338 e. The Labute approximate surface area is 109 Å². The van der Waals surface area contributed by atoms with Gasteiger partial charge in [-0.2, -0.15) is 0 Å². The molecule has 0 saturated carbocycles. The third-order valence-corrected chi connectivity index (χ3v) is 4.73. The van der Waals surface area contributed by atoms with Gasteiger partial charge in [0.15, 0.2) is 11.6 Å². The molecule has 19 heavy (non-hydrogen) atoms. The van der Waals surface area contributed by atoms with Crippen molar-refractivity contribution in [1.82, 2.24) is 4.98 Å². The highest BCUT2D eigenvalue weighted by atomic mass is 32.2. The Morgan fingerprint density at radius 2 is 2.05 bits per heavy atom. The minimum absolute atomic E-state index is 0.0465. The van der Waals surface area contributed by atoms with Gasteiger partial charge in [-0.05, 0) is 18.9 Å². The van der Waals surface area contributed by atoms with Crippen molar-refractivity contribution >= 4 is 21.6 Å². The van der Waals surface area contributed by atoms with Crippen LogP contribution in [0.5, 0.6) is 0 Å². The zero-order valence-corrected chi connectivity index (χ0v) is 10.8. The monoisotopic (exact) mass is 288 g/mol. The summed E-state index contributed by atoms with van der Waals surface area (Å²) in [5.41, 5.74) is -0.457. The molecule has 1 saturated heterocycles. The Morgan fingerprint density at radius 1 is 1.42 bits per heavy atom. The molecule has 1 aliphatic heterocycles. The number of carbonyl (C=O) groups is 1. The lowest BCUT2D eigenvalue weighted by molar-refractivity contribution is 0.0692. The largest absolute Gasteiger partial charge is 0.478 e. The fourth-order valence-corrected chi connectivity index (χ4v) is 3.43. The summed E-state index contributed by atoms with van der Waals surface area (Å²) in [5, 5.41) is 11.6. The van der Waals surface area contributed by atoms with Crippen LogP contribution in [0.4, 0.5) is 10.2 Å². The summed E-state index contributed by atoms with van der Waals surface area (Å²) in [7, 11) is -2.99. The number of halogens is 1. The van der Waals surface area contributed by atoms with E-state index in [-0.39, 0.29) is 23.4 Å². The highest BCUT2D eigenvalue weighted by Crippen LogP contribution is 2.20. The molecule has 0 aromatic carbocycles. The van der Waals surface area contributed by atoms with Gasteiger partial charge in [-0.25, -0.2) is 22.6 Å². The van der Waals surface area contributed by atoms with Crippen molar-refractivity contribution < 1.29 is 22.7 Å². The first-order chi connectivity index (χ1) is 8.89. The van der Waals surface area contributed by atoms with Crippen LogP contribution in [0.25, 0.3) is 0 Å². The summed E-state index contributed by atoms with van der Waals surface area (Å²) in [4.78, 5) is 14.5. The van der Waals surface area contributed by atoms with Crippen molar-refractivity contribution in [3.63, 3.8) is 0 Å². The molecule has 0 aliphatic carbocycles. The first-order valence-electron chi connectivity index (χ1n) is 5.74. The van der Waals surface area contributed by atoms with E-state index in [1.54, 1.807) is 0 Å². The maximum Gasteiger partial charge on any atom is 0.338 e. The Bertz CT molecular complexity index is 589. The zero-order valence-electron chi connectivity index (χ0n) is 9.97. The number of carboxylic acids is 1. The predicted octanol–water partition coefficient (Wildman–Crippen LogP) is 0.908. The number of rotatable bonds is 3.